The molecule has 1 unspecified atom stereocenters. The number of rotatable bonds is 2. The maximum atomic E-state index is 10.4. The lowest BCUT2D eigenvalue weighted by molar-refractivity contribution is 0.0530. The maximum absolute atomic E-state index is 10.4. The number of hydrogen-bond donors (Lipinski definition) is 1. The largest absolute Gasteiger partial charge is 0.389 e. The summed E-state index contributed by atoms with van der Waals surface area (Å²) in [4.78, 5) is 0. The van der Waals surface area contributed by atoms with Crippen molar-refractivity contribution in [2.24, 2.45) is 0 Å². The third kappa shape index (κ3) is 3.23. The number of halogens is 1. The van der Waals surface area contributed by atoms with Gasteiger partial charge in [0.2, 0.25) is 0 Å². The number of benzene rings is 1. The fourth-order valence-corrected chi connectivity index (χ4v) is 3.34. The molecular weight excluding hydrogens is 272 g/mol. The monoisotopic (exact) mass is 286 g/mol. The highest BCUT2D eigenvalue weighted by atomic mass is 79.9. The Kier molecular flexibility index (Phi) is 3.75. The van der Waals surface area contributed by atoms with Crippen LogP contribution >= 0.6 is 27.7 Å². The first-order valence-corrected chi connectivity index (χ1v) is 7.17. The summed E-state index contributed by atoms with van der Waals surface area (Å²) in [5.41, 5.74) is 0.750. The van der Waals surface area contributed by atoms with Crippen LogP contribution in [0.5, 0.6) is 0 Å². The summed E-state index contributed by atoms with van der Waals surface area (Å²) in [5, 5.41) is 10.4. The SMILES string of the molecule is OC1(Cc2ccc(Br)cc2)CCCSC1. The van der Waals surface area contributed by atoms with Crippen molar-refractivity contribution in [1.82, 2.24) is 0 Å². The van der Waals surface area contributed by atoms with Crippen LogP contribution in [0, 0.1) is 0 Å². The van der Waals surface area contributed by atoms with Gasteiger partial charge in [-0.3, -0.25) is 0 Å². The van der Waals surface area contributed by atoms with Gasteiger partial charge in [-0.05, 0) is 36.3 Å². The second kappa shape index (κ2) is 4.89. The van der Waals surface area contributed by atoms with Crippen LogP contribution in [0.3, 0.4) is 0 Å². The van der Waals surface area contributed by atoms with Gasteiger partial charge in [-0.25, -0.2) is 0 Å². The Morgan fingerprint density at radius 1 is 1.33 bits per heavy atom. The molecule has 1 aliphatic rings. The molecular formula is C12H15BrOS. The van der Waals surface area contributed by atoms with Crippen LogP contribution in [-0.2, 0) is 6.42 Å². The molecule has 0 saturated carbocycles. The van der Waals surface area contributed by atoms with Crippen LogP contribution in [0.15, 0.2) is 28.7 Å². The third-order valence-electron chi connectivity index (χ3n) is 2.75. The van der Waals surface area contributed by atoms with Gasteiger partial charge in [-0.1, -0.05) is 28.1 Å². The van der Waals surface area contributed by atoms with E-state index in [9.17, 15) is 5.11 Å². The van der Waals surface area contributed by atoms with Crippen LogP contribution < -0.4 is 0 Å². The quantitative estimate of drug-likeness (QED) is 0.901. The van der Waals surface area contributed by atoms with Gasteiger partial charge in [0.05, 0.1) is 5.60 Å². The maximum Gasteiger partial charge on any atom is 0.0778 e. The highest BCUT2D eigenvalue weighted by molar-refractivity contribution is 9.10. The Bertz CT molecular complexity index is 317. The van der Waals surface area contributed by atoms with Gasteiger partial charge in [0.25, 0.3) is 0 Å². The minimum absolute atomic E-state index is 0.475. The molecule has 1 atom stereocenters. The molecule has 0 aromatic heterocycles. The molecule has 3 heteroatoms. The molecule has 0 amide bonds. The van der Waals surface area contributed by atoms with Crippen LogP contribution in [0.2, 0.25) is 0 Å². The van der Waals surface area contributed by atoms with Crippen molar-refractivity contribution >= 4 is 27.7 Å². The molecule has 0 bridgehead atoms. The molecule has 1 heterocycles. The fourth-order valence-electron chi connectivity index (χ4n) is 1.96. The number of aliphatic hydroxyl groups is 1. The molecule has 0 spiro atoms. The lowest BCUT2D eigenvalue weighted by Gasteiger charge is -2.31. The third-order valence-corrected chi connectivity index (χ3v) is 4.60. The zero-order valence-electron chi connectivity index (χ0n) is 8.58. The average molecular weight is 287 g/mol. The molecule has 0 aliphatic carbocycles. The molecule has 1 aromatic carbocycles. The van der Waals surface area contributed by atoms with E-state index in [4.69, 9.17) is 0 Å². The highest BCUT2D eigenvalue weighted by Gasteiger charge is 2.29. The molecule has 82 valence electrons. The van der Waals surface area contributed by atoms with E-state index in [0.717, 1.165) is 29.5 Å². The summed E-state index contributed by atoms with van der Waals surface area (Å²) in [6.45, 7) is 0. The lowest BCUT2D eigenvalue weighted by Crippen LogP contribution is -2.37. The number of thioether (sulfide) groups is 1. The molecule has 1 aliphatic heterocycles. The predicted octanol–water partition coefficient (Wildman–Crippen LogP) is 3.25. The summed E-state index contributed by atoms with van der Waals surface area (Å²) < 4.78 is 1.09. The van der Waals surface area contributed by atoms with Gasteiger partial charge < -0.3 is 5.11 Å². The van der Waals surface area contributed by atoms with Gasteiger partial charge in [-0.2, -0.15) is 11.8 Å². The Morgan fingerprint density at radius 3 is 2.67 bits per heavy atom. The smallest absolute Gasteiger partial charge is 0.0778 e. The molecule has 1 aromatic rings. The van der Waals surface area contributed by atoms with Crippen molar-refractivity contribution in [2.45, 2.75) is 24.9 Å². The molecule has 2 rings (SSSR count). The summed E-state index contributed by atoms with van der Waals surface area (Å²) in [6, 6.07) is 8.24. The van der Waals surface area contributed by atoms with Crippen molar-refractivity contribution in [3.8, 4) is 0 Å². The van der Waals surface area contributed by atoms with Gasteiger partial charge in [0.15, 0.2) is 0 Å². The van der Waals surface area contributed by atoms with E-state index in [1.807, 2.05) is 23.9 Å². The Hall–Kier alpha value is 0.01000. The minimum Gasteiger partial charge on any atom is -0.389 e. The first-order valence-electron chi connectivity index (χ1n) is 5.23. The van der Waals surface area contributed by atoms with E-state index in [-0.39, 0.29) is 0 Å². The summed E-state index contributed by atoms with van der Waals surface area (Å²) in [5.74, 6) is 2.08. The standard InChI is InChI=1S/C12H15BrOS/c13-11-4-2-10(3-5-11)8-12(14)6-1-7-15-9-12/h2-5,14H,1,6-9H2. The van der Waals surface area contributed by atoms with E-state index in [0.29, 0.717) is 0 Å². The van der Waals surface area contributed by atoms with Crippen LogP contribution in [0.4, 0.5) is 0 Å². The molecule has 1 fully saturated rings. The van der Waals surface area contributed by atoms with Crippen molar-refractivity contribution < 1.29 is 5.11 Å². The molecule has 0 radical (unpaired) electrons. The second-order valence-corrected chi connectivity index (χ2v) is 6.20. The van der Waals surface area contributed by atoms with Crippen molar-refractivity contribution in [1.29, 1.82) is 0 Å². The Labute approximate surface area is 103 Å². The van der Waals surface area contributed by atoms with E-state index < -0.39 is 5.60 Å². The van der Waals surface area contributed by atoms with Crippen molar-refractivity contribution in [3.63, 3.8) is 0 Å². The van der Waals surface area contributed by atoms with Crippen molar-refractivity contribution in [3.05, 3.63) is 34.3 Å². The van der Waals surface area contributed by atoms with E-state index in [1.165, 1.54) is 11.3 Å². The predicted molar refractivity (Wildman–Crippen MR) is 69.4 cm³/mol. The minimum atomic E-state index is -0.475. The first kappa shape index (κ1) is 11.5. The fraction of sp³-hybridized carbons (Fsp3) is 0.500. The average Bonchev–Trinajstić information content (AvgIpc) is 2.22. The van der Waals surface area contributed by atoms with Gasteiger partial charge in [-0.15, -0.1) is 0 Å². The zero-order valence-corrected chi connectivity index (χ0v) is 11.0. The van der Waals surface area contributed by atoms with Crippen LogP contribution in [-0.4, -0.2) is 22.2 Å². The molecule has 1 saturated heterocycles. The summed E-state index contributed by atoms with van der Waals surface area (Å²) >= 11 is 5.28. The number of hydrogen-bond acceptors (Lipinski definition) is 2. The Balaban J connectivity index is 2.03. The van der Waals surface area contributed by atoms with E-state index in [2.05, 4.69) is 28.1 Å². The molecule has 1 N–H and O–H groups in total. The summed E-state index contributed by atoms with van der Waals surface area (Å²) in [7, 11) is 0. The molecule has 15 heavy (non-hydrogen) atoms. The van der Waals surface area contributed by atoms with Gasteiger partial charge >= 0.3 is 0 Å². The van der Waals surface area contributed by atoms with E-state index in [1.54, 1.807) is 0 Å². The Morgan fingerprint density at radius 2 is 2.07 bits per heavy atom. The highest BCUT2D eigenvalue weighted by Crippen LogP contribution is 2.29. The molecule has 1 nitrogen and oxygen atoms in total. The van der Waals surface area contributed by atoms with Gasteiger partial charge in [0.1, 0.15) is 0 Å². The van der Waals surface area contributed by atoms with Crippen LogP contribution in [0.25, 0.3) is 0 Å². The van der Waals surface area contributed by atoms with Gasteiger partial charge in [0, 0.05) is 16.6 Å². The normalized spacial score (nSPS) is 26.5. The summed E-state index contributed by atoms with van der Waals surface area (Å²) in [6.07, 6.45) is 2.86. The zero-order chi connectivity index (χ0) is 10.7. The lowest BCUT2D eigenvalue weighted by atomic mass is 9.92. The first-order chi connectivity index (χ1) is 7.18. The topological polar surface area (TPSA) is 20.2 Å². The second-order valence-electron chi connectivity index (χ2n) is 4.18. The van der Waals surface area contributed by atoms with Crippen molar-refractivity contribution in [2.75, 3.05) is 11.5 Å². The van der Waals surface area contributed by atoms with E-state index >= 15 is 0 Å². The van der Waals surface area contributed by atoms with Crippen LogP contribution in [0.1, 0.15) is 18.4 Å².